The molecule has 1 aliphatic rings. The molecule has 1 aromatic carbocycles. The third kappa shape index (κ3) is 5.26. The molecule has 0 radical (unpaired) electrons. The first-order chi connectivity index (χ1) is 9.94. The molecule has 1 heterocycles. The molecule has 4 nitrogen and oxygen atoms in total. The van der Waals surface area contributed by atoms with E-state index in [1.54, 1.807) is 6.07 Å². The van der Waals surface area contributed by atoms with Gasteiger partial charge in [0.15, 0.2) is 0 Å². The normalized spacial score (nSPS) is 18.5. The molecule has 0 aromatic heterocycles. The van der Waals surface area contributed by atoms with Crippen molar-refractivity contribution >= 4 is 5.91 Å². The van der Waals surface area contributed by atoms with Crippen molar-refractivity contribution in [3.8, 4) is 5.75 Å². The van der Waals surface area contributed by atoms with Crippen LogP contribution in [-0.2, 0) is 11.3 Å². The maximum atomic E-state index is 12.3. The molecule has 1 saturated heterocycles. The maximum Gasteiger partial charge on any atom is 0.573 e. The highest BCUT2D eigenvalue weighted by atomic mass is 19.4. The number of para-hydroxylation sites is 1. The number of carbonyl (C=O) groups excluding carboxylic acids is 1. The minimum absolute atomic E-state index is 0.0191. The van der Waals surface area contributed by atoms with Gasteiger partial charge in [0.25, 0.3) is 0 Å². The minimum Gasteiger partial charge on any atom is -0.405 e. The molecular weight excluding hydrogens is 285 g/mol. The highest BCUT2D eigenvalue weighted by Crippen LogP contribution is 2.26. The first-order valence-electron chi connectivity index (χ1n) is 6.75. The molecule has 1 unspecified atom stereocenters. The van der Waals surface area contributed by atoms with E-state index < -0.39 is 6.36 Å². The summed E-state index contributed by atoms with van der Waals surface area (Å²) < 4.78 is 40.8. The number of hydrogen-bond donors (Lipinski definition) is 2. The Morgan fingerprint density at radius 3 is 2.81 bits per heavy atom. The number of nitrogens with one attached hydrogen (secondary N) is 2. The number of ether oxygens (including phenoxy) is 1. The number of rotatable bonds is 5. The van der Waals surface area contributed by atoms with Gasteiger partial charge in [-0.3, -0.25) is 4.79 Å². The number of alkyl halides is 3. The maximum absolute atomic E-state index is 12.3. The topological polar surface area (TPSA) is 50.4 Å². The smallest absolute Gasteiger partial charge is 0.405 e. The lowest BCUT2D eigenvalue weighted by Gasteiger charge is -2.14. The summed E-state index contributed by atoms with van der Waals surface area (Å²) in [5.74, 6) is -0.148. The van der Waals surface area contributed by atoms with Crippen molar-refractivity contribution in [1.82, 2.24) is 10.6 Å². The zero-order valence-corrected chi connectivity index (χ0v) is 11.4. The molecule has 0 saturated carbocycles. The second-order valence-electron chi connectivity index (χ2n) is 5.00. The van der Waals surface area contributed by atoms with E-state index in [0.717, 1.165) is 19.5 Å². The van der Waals surface area contributed by atoms with E-state index in [0.29, 0.717) is 17.9 Å². The molecule has 2 N–H and O–H groups in total. The second-order valence-corrected chi connectivity index (χ2v) is 5.00. The Hall–Kier alpha value is -1.76. The van der Waals surface area contributed by atoms with Gasteiger partial charge in [-0.2, -0.15) is 0 Å². The van der Waals surface area contributed by atoms with Gasteiger partial charge in [0.2, 0.25) is 5.91 Å². The Kier molecular flexibility index (Phi) is 5.06. The summed E-state index contributed by atoms with van der Waals surface area (Å²) in [6.45, 7) is 1.73. The second kappa shape index (κ2) is 6.80. The van der Waals surface area contributed by atoms with Crippen LogP contribution < -0.4 is 15.4 Å². The molecule has 1 amide bonds. The van der Waals surface area contributed by atoms with Gasteiger partial charge in [-0.25, -0.2) is 0 Å². The molecular formula is C14H17F3N2O2. The monoisotopic (exact) mass is 302 g/mol. The van der Waals surface area contributed by atoms with Crippen molar-refractivity contribution < 1.29 is 22.7 Å². The Balaban J connectivity index is 1.88. The fourth-order valence-corrected chi connectivity index (χ4v) is 2.29. The lowest BCUT2D eigenvalue weighted by molar-refractivity contribution is -0.274. The van der Waals surface area contributed by atoms with Crippen LogP contribution in [0.4, 0.5) is 13.2 Å². The number of halogens is 3. The van der Waals surface area contributed by atoms with Crippen molar-refractivity contribution in [2.75, 3.05) is 13.1 Å². The Labute approximate surface area is 120 Å². The quantitative estimate of drug-likeness (QED) is 0.877. The Morgan fingerprint density at radius 1 is 1.38 bits per heavy atom. The average Bonchev–Trinajstić information content (AvgIpc) is 2.89. The molecule has 116 valence electrons. The molecule has 21 heavy (non-hydrogen) atoms. The SMILES string of the molecule is O=C(CC1CCNC1)NCc1ccccc1OC(F)(F)F. The van der Waals surface area contributed by atoms with Crippen molar-refractivity contribution in [2.24, 2.45) is 5.92 Å². The van der Waals surface area contributed by atoms with Crippen molar-refractivity contribution in [3.05, 3.63) is 29.8 Å². The molecule has 0 spiro atoms. The van der Waals surface area contributed by atoms with Gasteiger partial charge in [0, 0.05) is 18.5 Å². The third-order valence-corrected chi connectivity index (χ3v) is 3.31. The summed E-state index contributed by atoms with van der Waals surface area (Å²) in [5, 5.41) is 5.80. The average molecular weight is 302 g/mol. The zero-order chi connectivity index (χ0) is 15.3. The molecule has 0 bridgehead atoms. The fraction of sp³-hybridized carbons (Fsp3) is 0.500. The molecule has 1 atom stereocenters. The number of hydrogen-bond acceptors (Lipinski definition) is 3. The number of benzene rings is 1. The number of carbonyl (C=O) groups is 1. The van der Waals surface area contributed by atoms with Gasteiger partial charge in [0.05, 0.1) is 0 Å². The fourth-order valence-electron chi connectivity index (χ4n) is 2.29. The van der Waals surface area contributed by atoms with E-state index in [-0.39, 0.29) is 18.2 Å². The predicted octanol–water partition coefficient (Wildman–Crippen LogP) is 2.20. The highest BCUT2D eigenvalue weighted by Gasteiger charge is 2.32. The van der Waals surface area contributed by atoms with Crippen LogP contribution in [0.15, 0.2) is 24.3 Å². The summed E-state index contributed by atoms with van der Waals surface area (Å²) in [7, 11) is 0. The minimum atomic E-state index is -4.74. The van der Waals surface area contributed by atoms with E-state index >= 15 is 0 Å². The third-order valence-electron chi connectivity index (χ3n) is 3.31. The van der Waals surface area contributed by atoms with Crippen LogP contribution in [0.5, 0.6) is 5.75 Å². The van der Waals surface area contributed by atoms with E-state index in [4.69, 9.17) is 0 Å². The van der Waals surface area contributed by atoms with Crippen LogP contribution >= 0.6 is 0 Å². The van der Waals surface area contributed by atoms with Crippen LogP contribution in [0.1, 0.15) is 18.4 Å². The summed E-state index contributed by atoms with van der Waals surface area (Å²) >= 11 is 0. The van der Waals surface area contributed by atoms with Crippen LogP contribution in [0.3, 0.4) is 0 Å². The molecule has 1 aliphatic heterocycles. The van der Waals surface area contributed by atoms with Gasteiger partial charge in [0.1, 0.15) is 5.75 Å². The molecule has 1 aromatic rings. The molecule has 1 fully saturated rings. The Bertz CT molecular complexity index is 485. The molecule has 7 heteroatoms. The summed E-state index contributed by atoms with van der Waals surface area (Å²) in [6.07, 6.45) is -3.41. The van der Waals surface area contributed by atoms with Crippen LogP contribution in [0.2, 0.25) is 0 Å². The molecule has 0 aliphatic carbocycles. The van der Waals surface area contributed by atoms with E-state index in [1.807, 2.05) is 0 Å². The van der Waals surface area contributed by atoms with E-state index in [1.165, 1.54) is 18.2 Å². The van der Waals surface area contributed by atoms with Crippen LogP contribution in [-0.4, -0.2) is 25.4 Å². The Morgan fingerprint density at radius 2 is 2.14 bits per heavy atom. The van der Waals surface area contributed by atoms with Crippen LogP contribution in [0, 0.1) is 5.92 Å². The van der Waals surface area contributed by atoms with Crippen molar-refractivity contribution in [2.45, 2.75) is 25.7 Å². The predicted molar refractivity (Wildman–Crippen MR) is 70.6 cm³/mol. The van der Waals surface area contributed by atoms with E-state index in [2.05, 4.69) is 15.4 Å². The lowest BCUT2D eigenvalue weighted by Crippen LogP contribution is -2.26. The number of amides is 1. The van der Waals surface area contributed by atoms with Gasteiger partial charge >= 0.3 is 6.36 Å². The van der Waals surface area contributed by atoms with Gasteiger partial charge in [-0.1, -0.05) is 18.2 Å². The summed E-state index contributed by atoms with van der Waals surface area (Å²) in [4.78, 5) is 11.8. The van der Waals surface area contributed by atoms with Gasteiger partial charge < -0.3 is 15.4 Å². The highest BCUT2D eigenvalue weighted by molar-refractivity contribution is 5.76. The van der Waals surface area contributed by atoms with Gasteiger partial charge in [-0.15, -0.1) is 13.2 Å². The standard InChI is InChI=1S/C14H17F3N2O2/c15-14(16,17)21-12-4-2-1-3-11(12)9-19-13(20)7-10-5-6-18-8-10/h1-4,10,18H,5-9H2,(H,19,20). The molecule has 2 rings (SSSR count). The first-order valence-corrected chi connectivity index (χ1v) is 6.75. The first kappa shape index (κ1) is 15.6. The van der Waals surface area contributed by atoms with Gasteiger partial charge in [-0.05, 0) is 31.5 Å². The van der Waals surface area contributed by atoms with E-state index in [9.17, 15) is 18.0 Å². The summed E-state index contributed by atoms with van der Waals surface area (Å²) in [5.41, 5.74) is 0.299. The lowest BCUT2D eigenvalue weighted by atomic mass is 10.0. The van der Waals surface area contributed by atoms with Crippen molar-refractivity contribution in [3.63, 3.8) is 0 Å². The largest absolute Gasteiger partial charge is 0.573 e. The summed E-state index contributed by atoms with van der Waals surface area (Å²) in [6, 6.07) is 5.79. The zero-order valence-electron chi connectivity index (χ0n) is 11.4. The van der Waals surface area contributed by atoms with Crippen LogP contribution in [0.25, 0.3) is 0 Å². The van der Waals surface area contributed by atoms with Crippen molar-refractivity contribution in [1.29, 1.82) is 0 Å².